The number of hydrogen-bond acceptors (Lipinski definition) is 4. The number of nitrogens with one attached hydrogen (secondary N) is 2. The minimum atomic E-state index is -0.761. The summed E-state index contributed by atoms with van der Waals surface area (Å²) in [7, 11) is 0. The van der Waals surface area contributed by atoms with Crippen LogP contribution in [0.15, 0.2) is 60.2 Å². The maximum atomic E-state index is 12.5. The molecule has 7 nitrogen and oxygen atoms in total. The number of carbonyl (C=O) groups is 3. The van der Waals surface area contributed by atoms with Gasteiger partial charge in [-0.1, -0.05) is 54.6 Å². The second-order valence-electron chi connectivity index (χ2n) is 9.85. The molecule has 1 saturated carbocycles. The SMILES string of the molecule is O=C(O)CC1CC(CNC(=O)C2=CCC(NC(=O)OCC3c4ccccc4-c4ccccc43)C2)C1. The van der Waals surface area contributed by atoms with E-state index in [1.54, 1.807) is 0 Å². The number of hydrogen-bond donors (Lipinski definition) is 3. The van der Waals surface area contributed by atoms with Crippen LogP contribution < -0.4 is 10.6 Å². The van der Waals surface area contributed by atoms with Gasteiger partial charge in [-0.2, -0.15) is 0 Å². The molecule has 0 bridgehead atoms. The highest BCUT2D eigenvalue weighted by molar-refractivity contribution is 5.94. The monoisotopic (exact) mass is 474 g/mol. The van der Waals surface area contributed by atoms with Crippen LogP contribution in [0, 0.1) is 11.8 Å². The zero-order valence-electron chi connectivity index (χ0n) is 19.5. The molecule has 2 amide bonds. The van der Waals surface area contributed by atoms with Crippen LogP contribution in [-0.2, 0) is 14.3 Å². The van der Waals surface area contributed by atoms with Crippen molar-refractivity contribution in [3.8, 4) is 11.1 Å². The van der Waals surface area contributed by atoms with Crippen molar-refractivity contribution in [2.45, 2.75) is 44.1 Å². The van der Waals surface area contributed by atoms with E-state index in [2.05, 4.69) is 34.9 Å². The normalized spacial score (nSPS) is 22.4. The first-order chi connectivity index (χ1) is 17.0. The number of amides is 2. The summed E-state index contributed by atoms with van der Waals surface area (Å²) < 4.78 is 5.62. The van der Waals surface area contributed by atoms with Gasteiger partial charge >= 0.3 is 12.1 Å². The summed E-state index contributed by atoms with van der Waals surface area (Å²) in [6, 6.07) is 16.3. The van der Waals surface area contributed by atoms with Crippen molar-refractivity contribution in [1.29, 1.82) is 0 Å². The van der Waals surface area contributed by atoms with E-state index in [-0.39, 0.29) is 36.8 Å². The minimum Gasteiger partial charge on any atom is -0.481 e. The van der Waals surface area contributed by atoms with Gasteiger partial charge in [0.15, 0.2) is 0 Å². The Kier molecular flexibility index (Phi) is 6.57. The molecular weight excluding hydrogens is 444 g/mol. The van der Waals surface area contributed by atoms with Crippen molar-refractivity contribution in [3.05, 3.63) is 71.3 Å². The van der Waals surface area contributed by atoms with E-state index in [9.17, 15) is 14.4 Å². The lowest BCUT2D eigenvalue weighted by Crippen LogP contribution is -2.38. The Bertz CT molecular complexity index is 1120. The molecule has 3 aliphatic carbocycles. The van der Waals surface area contributed by atoms with Crippen LogP contribution in [-0.4, -0.2) is 42.3 Å². The summed E-state index contributed by atoms with van der Waals surface area (Å²) in [6.45, 7) is 0.828. The van der Waals surface area contributed by atoms with Crippen molar-refractivity contribution < 1.29 is 24.2 Å². The van der Waals surface area contributed by atoms with Gasteiger partial charge < -0.3 is 20.5 Å². The second kappa shape index (κ2) is 9.94. The molecule has 2 aromatic rings. The number of carboxylic acids is 1. The van der Waals surface area contributed by atoms with E-state index in [1.165, 1.54) is 22.3 Å². The summed E-state index contributed by atoms with van der Waals surface area (Å²) in [4.78, 5) is 35.8. The van der Waals surface area contributed by atoms with Crippen LogP contribution in [0.3, 0.4) is 0 Å². The van der Waals surface area contributed by atoms with E-state index >= 15 is 0 Å². The van der Waals surface area contributed by atoms with E-state index in [1.807, 2.05) is 30.3 Å². The predicted octanol–water partition coefficient (Wildman–Crippen LogP) is 4.23. The Labute approximate surface area is 204 Å². The maximum Gasteiger partial charge on any atom is 0.407 e. The summed E-state index contributed by atoms with van der Waals surface area (Å²) in [5.74, 6) is -0.282. The molecule has 1 fully saturated rings. The van der Waals surface area contributed by atoms with Gasteiger partial charge in [-0.05, 0) is 59.8 Å². The second-order valence-corrected chi connectivity index (χ2v) is 9.85. The van der Waals surface area contributed by atoms with Crippen LogP contribution in [0.5, 0.6) is 0 Å². The number of rotatable bonds is 8. The van der Waals surface area contributed by atoms with Gasteiger partial charge in [0.05, 0.1) is 0 Å². The average Bonchev–Trinajstić information content (AvgIpc) is 3.41. The topological polar surface area (TPSA) is 105 Å². The molecule has 7 heteroatoms. The number of aliphatic carboxylic acids is 1. The third kappa shape index (κ3) is 5.09. The van der Waals surface area contributed by atoms with Crippen LogP contribution in [0.2, 0.25) is 0 Å². The van der Waals surface area contributed by atoms with Gasteiger partial charge in [-0.3, -0.25) is 9.59 Å². The average molecular weight is 475 g/mol. The van der Waals surface area contributed by atoms with E-state index in [4.69, 9.17) is 9.84 Å². The number of benzene rings is 2. The number of ether oxygens (including phenoxy) is 1. The lowest BCUT2D eigenvalue weighted by molar-refractivity contribution is -0.139. The Balaban J connectivity index is 1.06. The van der Waals surface area contributed by atoms with Crippen molar-refractivity contribution in [1.82, 2.24) is 10.6 Å². The first kappa shape index (κ1) is 23.1. The summed E-state index contributed by atoms with van der Waals surface area (Å²) >= 11 is 0. The molecule has 0 aliphatic heterocycles. The highest BCUT2D eigenvalue weighted by Gasteiger charge is 2.32. The fourth-order valence-corrected chi connectivity index (χ4v) is 5.62. The number of alkyl carbamates (subject to hydrolysis) is 1. The van der Waals surface area contributed by atoms with Crippen molar-refractivity contribution in [2.75, 3.05) is 13.2 Å². The molecule has 0 radical (unpaired) electrons. The minimum absolute atomic E-state index is 0.0118. The largest absolute Gasteiger partial charge is 0.481 e. The molecule has 3 aliphatic rings. The number of carboxylic acid groups (broad SMARTS) is 1. The smallest absolute Gasteiger partial charge is 0.407 e. The van der Waals surface area contributed by atoms with Crippen molar-refractivity contribution in [2.24, 2.45) is 11.8 Å². The van der Waals surface area contributed by atoms with E-state index < -0.39 is 12.1 Å². The Morgan fingerprint density at radius 1 is 0.943 bits per heavy atom. The third-order valence-electron chi connectivity index (χ3n) is 7.42. The fourth-order valence-electron chi connectivity index (χ4n) is 5.62. The van der Waals surface area contributed by atoms with Gasteiger partial charge in [0.2, 0.25) is 5.91 Å². The van der Waals surface area contributed by atoms with Crippen LogP contribution in [0.1, 0.15) is 49.1 Å². The first-order valence-corrected chi connectivity index (χ1v) is 12.3. The molecule has 0 aromatic heterocycles. The Morgan fingerprint density at radius 3 is 2.26 bits per heavy atom. The quantitative estimate of drug-likeness (QED) is 0.531. The van der Waals surface area contributed by atoms with Crippen LogP contribution >= 0.6 is 0 Å². The zero-order valence-corrected chi connectivity index (χ0v) is 19.5. The first-order valence-electron chi connectivity index (χ1n) is 12.3. The summed E-state index contributed by atoms with van der Waals surface area (Å²) in [5.41, 5.74) is 5.39. The highest BCUT2D eigenvalue weighted by atomic mass is 16.5. The van der Waals surface area contributed by atoms with Gasteiger partial charge in [-0.25, -0.2) is 4.79 Å². The summed E-state index contributed by atoms with van der Waals surface area (Å²) in [5, 5.41) is 14.7. The lowest BCUT2D eigenvalue weighted by Gasteiger charge is -2.34. The van der Waals surface area contributed by atoms with Gasteiger partial charge in [0, 0.05) is 30.5 Å². The molecule has 35 heavy (non-hydrogen) atoms. The van der Waals surface area contributed by atoms with Gasteiger partial charge in [0.1, 0.15) is 6.61 Å². The van der Waals surface area contributed by atoms with Crippen LogP contribution in [0.4, 0.5) is 4.79 Å². The predicted molar refractivity (Wildman–Crippen MR) is 131 cm³/mol. The Hall–Kier alpha value is -3.61. The molecule has 182 valence electrons. The molecular formula is C28H30N2O5. The molecule has 2 aromatic carbocycles. The maximum absolute atomic E-state index is 12.5. The zero-order chi connectivity index (χ0) is 24.4. The molecule has 1 atom stereocenters. The van der Waals surface area contributed by atoms with Crippen molar-refractivity contribution >= 4 is 18.0 Å². The number of fused-ring (bicyclic) bond motifs is 3. The third-order valence-corrected chi connectivity index (χ3v) is 7.42. The van der Waals surface area contributed by atoms with E-state index in [0.29, 0.717) is 30.9 Å². The lowest BCUT2D eigenvalue weighted by atomic mass is 9.73. The van der Waals surface area contributed by atoms with E-state index in [0.717, 1.165) is 12.8 Å². The van der Waals surface area contributed by atoms with Gasteiger partial charge in [-0.15, -0.1) is 0 Å². The molecule has 1 unspecified atom stereocenters. The molecule has 0 heterocycles. The Morgan fingerprint density at radius 2 is 1.60 bits per heavy atom. The molecule has 3 N–H and O–H groups in total. The van der Waals surface area contributed by atoms with Crippen molar-refractivity contribution in [3.63, 3.8) is 0 Å². The molecule has 5 rings (SSSR count). The molecule has 0 spiro atoms. The highest BCUT2D eigenvalue weighted by Crippen LogP contribution is 2.44. The molecule has 0 saturated heterocycles. The standard InChI is InChI=1S/C28H30N2O5/c31-26(32)13-17-11-18(12-17)15-29-27(33)19-9-10-20(14-19)30-28(34)35-16-25-23-7-3-1-5-21(23)22-6-2-4-8-24(22)25/h1-9,17-18,20,25H,10-16H2,(H,29,33)(H,30,34)(H,31,32). The van der Waals surface area contributed by atoms with Gasteiger partial charge in [0.25, 0.3) is 0 Å². The number of carbonyl (C=O) groups excluding carboxylic acids is 2. The fraction of sp³-hybridized carbons (Fsp3) is 0.393. The van der Waals surface area contributed by atoms with Crippen LogP contribution in [0.25, 0.3) is 11.1 Å². The summed E-state index contributed by atoms with van der Waals surface area (Å²) in [6.07, 6.45) is 4.37.